The second-order valence-corrected chi connectivity index (χ2v) is 11.5. The minimum Gasteiger partial charge on any atom is -0.350 e. The maximum atomic E-state index is 13.2. The third kappa shape index (κ3) is 4.83. The van der Waals surface area contributed by atoms with Gasteiger partial charge >= 0.3 is 0 Å². The fourth-order valence-corrected chi connectivity index (χ4v) is 7.15. The third-order valence-electron chi connectivity index (χ3n) is 7.55. The van der Waals surface area contributed by atoms with E-state index in [9.17, 15) is 13.2 Å². The van der Waals surface area contributed by atoms with Crippen LogP contribution in [0.4, 0.5) is 0 Å². The molecule has 3 aliphatic rings. The molecule has 6 nitrogen and oxygen atoms in total. The van der Waals surface area contributed by atoms with Crippen LogP contribution in [0, 0.1) is 6.92 Å². The monoisotopic (exact) mass is 447 g/mol. The maximum absolute atomic E-state index is 13.2. The molecule has 1 N–H and O–H groups in total. The summed E-state index contributed by atoms with van der Waals surface area (Å²) >= 11 is 0. The third-order valence-corrected chi connectivity index (χ3v) is 9.44. The predicted molar refractivity (Wildman–Crippen MR) is 123 cm³/mol. The Morgan fingerprint density at radius 1 is 0.935 bits per heavy atom. The van der Waals surface area contributed by atoms with E-state index in [1.54, 1.807) is 18.2 Å². The van der Waals surface area contributed by atoms with Gasteiger partial charge in [0.15, 0.2) is 0 Å². The van der Waals surface area contributed by atoms with Crippen molar-refractivity contribution >= 4 is 15.9 Å². The van der Waals surface area contributed by atoms with E-state index < -0.39 is 10.0 Å². The van der Waals surface area contributed by atoms with E-state index in [0.717, 1.165) is 44.3 Å². The summed E-state index contributed by atoms with van der Waals surface area (Å²) in [7, 11) is -3.53. The number of amides is 1. The van der Waals surface area contributed by atoms with E-state index in [-0.39, 0.29) is 16.3 Å². The average molecular weight is 448 g/mol. The number of nitrogens with one attached hydrogen (secondary N) is 1. The number of carbonyl (C=O) groups excluding carboxylic acids is 1. The number of sulfonamides is 1. The molecule has 31 heavy (non-hydrogen) atoms. The van der Waals surface area contributed by atoms with Crippen LogP contribution >= 0.6 is 0 Å². The van der Waals surface area contributed by atoms with Crippen LogP contribution in [0.5, 0.6) is 0 Å². The first-order valence-corrected chi connectivity index (χ1v) is 13.5. The van der Waals surface area contributed by atoms with Gasteiger partial charge in [0.05, 0.1) is 4.90 Å². The van der Waals surface area contributed by atoms with Crippen LogP contribution in [-0.2, 0) is 10.0 Å². The number of carbonyl (C=O) groups is 1. The molecule has 172 valence electrons. The van der Waals surface area contributed by atoms with Crippen molar-refractivity contribution in [1.29, 1.82) is 0 Å². The highest BCUT2D eigenvalue weighted by atomic mass is 32.2. The van der Waals surface area contributed by atoms with Gasteiger partial charge in [-0.05, 0) is 76.2 Å². The van der Waals surface area contributed by atoms with Crippen LogP contribution in [-0.4, -0.2) is 61.8 Å². The zero-order chi connectivity index (χ0) is 21.9. The lowest BCUT2D eigenvalue weighted by atomic mass is 9.79. The standard InChI is InChI=1S/C24H37N3O3S/c1-20-10-11-21(31(29,30)27-16-8-9-17-27)18-22(20)23(28)25-19-24(12-4-2-5-13-24)26-14-6-3-7-15-26/h10-11,18H,2-9,12-17,19H2,1H3,(H,25,28). The van der Waals surface area contributed by atoms with E-state index in [1.165, 1.54) is 42.8 Å². The second kappa shape index (κ2) is 9.59. The average Bonchev–Trinajstić information content (AvgIpc) is 3.35. The van der Waals surface area contributed by atoms with Crippen molar-refractivity contribution in [3.05, 3.63) is 29.3 Å². The first kappa shape index (κ1) is 22.7. The number of nitrogens with zero attached hydrogens (tertiary/aromatic N) is 2. The number of rotatable bonds is 6. The molecule has 0 aromatic heterocycles. The first-order valence-electron chi connectivity index (χ1n) is 12.1. The van der Waals surface area contributed by atoms with Crippen molar-refractivity contribution in [3.63, 3.8) is 0 Å². The Kier molecular flexibility index (Phi) is 7.04. The van der Waals surface area contributed by atoms with Gasteiger partial charge in [-0.1, -0.05) is 31.7 Å². The van der Waals surface area contributed by atoms with Gasteiger partial charge in [0, 0.05) is 30.7 Å². The fourth-order valence-electron chi connectivity index (χ4n) is 5.61. The van der Waals surface area contributed by atoms with Gasteiger partial charge in [0.25, 0.3) is 5.91 Å². The molecule has 2 heterocycles. The fraction of sp³-hybridized carbons (Fsp3) is 0.708. The lowest BCUT2D eigenvalue weighted by Crippen LogP contribution is -2.58. The summed E-state index contributed by atoms with van der Waals surface area (Å²) in [5.74, 6) is -0.155. The largest absolute Gasteiger partial charge is 0.350 e. The summed E-state index contributed by atoms with van der Waals surface area (Å²) in [4.78, 5) is 16.0. The molecule has 2 saturated heterocycles. The number of benzene rings is 1. The highest BCUT2D eigenvalue weighted by Gasteiger charge is 2.38. The van der Waals surface area contributed by atoms with Crippen LogP contribution in [0.15, 0.2) is 23.1 Å². The molecule has 0 atom stereocenters. The zero-order valence-corrected chi connectivity index (χ0v) is 19.7. The molecular formula is C24H37N3O3S. The molecule has 2 aliphatic heterocycles. The maximum Gasteiger partial charge on any atom is 0.251 e. The Hall–Kier alpha value is -1.44. The summed E-state index contributed by atoms with van der Waals surface area (Å²) in [6, 6.07) is 4.97. The van der Waals surface area contributed by atoms with Crippen LogP contribution in [0.1, 0.15) is 80.1 Å². The van der Waals surface area contributed by atoms with Gasteiger partial charge in [-0.25, -0.2) is 8.42 Å². The molecule has 1 aromatic carbocycles. The van der Waals surface area contributed by atoms with Crippen LogP contribution < -0.4 is 5.32 Å². The highest BCUT2D eigenvalue weighted by molar-refractivity contribution is 7.89. The van der Waals surface area contributed by atoms with Crippen LogP contribution in [0.2, 0.25) is 0 Å². The summed E-state index contributed by atoms with van der Waals surface area (Å²) in [6.07, 6.45) is 11.6. The van der Waals surface area contributed by atoms with E-state index in [0.29, 0.717) is 25.2 Å². The molecule has 1 aromatic rings. The van der Waals surface area contributed by atoms with E-state index in [1.807, 2.05) is 6.92 Å². The number of aryl methyl sites for hydroxylation is 1. The summed E-state index contributed by atoms with van der Waals surface area (Å²) in [5, 5.41) is 3.21. The van der Waals surface area contributed by atoms with Crippen molar-refractivity contribution in [3.8, 4) is 0 Å². The molecule has 0 unspecified atom stereocenters. The van der Waals surface area contributed by atoms with Gasteiger partial charge in [-0.3, -0.25) is 9.69 Å². The minimum atomic E-state index is -3.53. The Morgan fingerprint density at radius 3 is 2.23 bits per heavy atom. The smallest absolute Gasteiger partial charge is 0.251 e. The zero-order valence-electron chi connectivity index (χ0n) is 18.9. The molecule has 7 heteroatoms. The van der Waals surface area contributed by atoms with Gasteiger partial charge in [0.1, 0.15) is 0 Å². The van der Waals surface area contributed by atoms with Crippen molar-refractivity contribution in [1.82, 2.24) is 14.5 Å². The SMILES string of the molecule is Cc1ccc(S(=O)(=O)N2CCCC2)cc1C(=O)NCC1(N2CCCCC2)CCCCC1. The molecule has 0 radical (unpaired) electrons. The Bertz CT molecular complexity index is 881. The molecule has 1 aliphatic carbocycles. The molecule has 0 spiro atoms. The lowest BCUT2D eigenvalue weighted by molar-refractivity contribution is 0.0326. The van der Waals surface area contributed by atoms with E-state index >= 15 is 0 Å². The minimum absolute atomic E-state index is 0.0570. The van der Waals surface area contributed by atoms with E-state index in [2.05, 4.69) is 10.2 Å². The number of hydrogen-bond acceptors (Lipinski definition) is 4. The van der Waals surface area contributed by atoms with Gasteiger partial charge in [0.2, 0.25) is 10.0 Å². The molecule has 0 bridgehead atoms. The van der Waals surface area contributed by atoms with Gasteiger partial charge in [-0.15, -0.1) is 0 Å². The van der Waals surface area contributed by atoms with Crippen molar-refractivity contribution in [2.45, 2.75) is 81.6 Å². The Morgan fingerprint density at radius 2 is 1.55 bits per heavy atom. The quantitative estimate of drug-likeness (QED) is 0.722. The Balaban J connectivity index is 1.51. The summed E-state index contributed by atoms with van der Waals surface area (Å²) in [6.45, 7) is 5.90. The van der Waals surface area contributed by atoms with Crippen molar-refractivity contribution < 1.29 is 13.2 Å². The molecule has 1 amide bonds. The summed E-state index contributed by atoms with van der Waals surface area (Å²) in [5.41, 5.74) is 1.35. The topological polar surface area (TPSA) is 69.7 Å². The van der Waals surface area contributed by atoms with Gasteiger partial charge < -0.3 is 5.32 Å². The van der Waals surface area contributed by atoms with E-state index in [4.69, 9.17) is 0 Å². The molecule has 3 fully saturated rings. The van der Waals surface area contributed by atoms with Crippen LogP contribution in [0.3, 0.4) is 0 Å². The molecular weight excluding hydrogens is 410 g/mol. The molecule has 4 rings (SSSR count). The normalized spacial score (nSPS) is 23.0. The number of piperidine rings is 1. The number of hydrogen-bond donors (Lipinski definition) is 1. The highest BCUT2D eigenvalue weighted by Crippen LogP contribution is 2.35. The second-order valence-electron chi connectivity index (χ2n) is 9.60. The summed E-state index contributed by atoms with van der Waals surface area (Å²) < 4.78 is 27.5. The van der Waals surface area contributed by atoms with Crippen LogP contribution in [0.25, 0.3) is 0 Å². The predicted octanol–water partition coefficient (Wildman–Crippen LogP) is 3.70. The lowest BCUT2D eigenvalue weighted by Gasteiger charge is -2.48. The first-order chi connectivity index (χ1) is 14.9. The van der Waals surface area contributed by atoms with Crippen molar-refractivity contribution in [2.24, 2.45) is 0 Å². The van der Waals surface area contributed by atoms with Crippen molar-refractivity contribution in [2.75, 3.05) is 32.7 Å². The molecule has 1 saturated carbocycles. The number of likely N-dealkylation sites (tertiary alicyclic amines) is 1. The Labute approximate surface area is 187 Å². The van der Waals surface area contributed by atoms with Gasteiger partial charge in [-0.2, -0.15) is 4.31 Å².